The quantitative estimate of drug-likeness (QED) is 0.291. The Balaban J connectivity index is 0.00000300. The molecule has 1 aromatic carbocycles. The van der Waals surface area contributed by atoms with Gasteiger partial charge in [-0.05, 0) is 24.1 Å². The van der Waals surface area contributed by atoms with Crippen LogP contribution in [0.4, 0.5) is 0 Å². The molecule has 2 aromatic heterocycles. The van der Waals surface area contributed by atoms with Crippen molar-refractivity contribution in [3.05, 3.63) is 66.2 Å². The minimum Gasteiger partial charge on any atom is -0.478 e. The van der Waals surface area contributed by atoms with Gasteiger partial charge in [0.15, 0.2) is 5.96 Å². The molecule has 8 heteroatoms. The lowest BCUT2D eigenvalue weighted by molar-refractivity contribution is 0.326. The topological polar surface area (TPSA) is 78.4 Å². The van der Waals surface area contributed by atoms with Crippen LogP contribution in [0.15, 0.2) is 59.9 Å². The summed E-state index contributed by atoms with van der Waals surface area (Å²) in [5.74, 6) is 2.30. The number of H-pyrrole nitrogens is 1. The summed E-state index contributed by atoms with van der Waals surface area (Å²) in [5, 5.41) is 3.36. The minimum absolute atomic E-state index is 0. The van der Waals surface area contributed by atoms with E-state index in [1.165, 1.54) is 0 Å². The van der Waals surface area contributed by atoms with Crippen molar-refractivity contribution in [2.24, 2.45) is 4.99 Å². The molecule has 7 nitrogen and oxygen atoms in total. The monoisotopic (exact) mass is 506 g/mol. The Morgan fingerprint density at radius 2 is 2.00 bits per heavy atom. The van der Waals surface area contributed by atoms with Crippen LogP contribution in [0, 0.1) is 0 Å². The number of benzene rings is 1. The van der Waals surface area contributed by atoms with Crippen molar-refractivity contribution in [1.82, 2.24) is 25.2 Å². The Hall–Kier alpha value is -2.62. The normalized spacial score (nSPS) is 10.9. The van der Waals surface area contributed by atoms with Crippen LogP contribution in [0.5, 0.6) is 5.88 Å². The van der Waals surface area contributed by atoms with Crippen molar-refractivity contribution in [2.75, 3.05) is 20.7 Å². The summed E-state index contributed by atoms with van der Waals surface area (Å²) in [6.07, 6.45) is 3.61. The first-order valence-electron chi connectivity index (χ1n) is 9.28. The van der Waals surface area contributed by atoms with E-state index < -0.39 is 0 Å². The van der Waals surface area contributed by atoms with Gasteiger partial charge in [0.1, 0.15) is 5.82 Å². The largest absolute Gasteiger partial charge is 0.478 e. The molecule has 0 aliphatic rings. The highest BCUT2D eigenvalue weighted by Gasteiger charge is 2.10. The average Bonchev–Trinajstić information content (AvgIpc) is 3.18. The first-order valence-corrected chi connectivity index (χ1v) is 9.28. The van der Waals surface area contributed by atoms with Gasteiger partial charge in [0.2, 0.25) is 5.88 Å². The number of aliphatic imine (C=N–C) groups is 1. The maximum atomic E-state index is 5.45. The molecule has 0 saturated heterocycles. The second-order valence-electron chi connectivity index (χ2n) is 6.30. The fourth-order valence-electron chi connectivity index (χ4n) is 2.86. The standard InChI is InChI=1S/C21H26N6O.HI/c1-4-28-20-12-16(10-11-23-20)13-25-21(22-2)27(3)15-19-24-14-18(26-19)17-8-6-5-7-9-17;/h5-12,14H,4,13,15H2,1-3H3,(H,22,25)(H,24,26);1H. The van der Waals surface area contributed by atoms with Gasteiger partial charge in [0.05, 0.1) is 25.0 Å². The predicted molar refractivity (Wildman–Crippen MR) is 127 cm³/mol. The third kappa shape index (κ3) is 6.45. The van der Waals surface area contributed by atoms with Crippen molar-refractivity contribution in [3.8, 4) is 17.1 Å². The van der Waals surface area contributed by atoms with E-state index in [-0.39, 0.29) is 24.0 Å². The van der Waals surface area contributed by atoms with Crippen molar-refractivity contribution < 1.29 is 4.74 Å². The van der Waals surface area contributed by atoms with E-state index in [4.69, 9.17) is 4.74 Å². The average molecular weight is 506 g/mol. The lowest BCUT2D eigenvalue weighted by atomic mass is 10.2. The number of ether oxygens (including phenoxy) is 1. The molecule has 0 saturated carbocycles. The Morgan fingerprint density at radius 3 is 2.72 bits per heavy atom. The van der Waals surface area contributed by atoms with Crippen molar-refractivity contribution in [2.45, 2.75) is 20.0 Å². The van der Waals surface area contributed by atoms with E-state index in [0.29, 0.717) is 25.6 Å². The Morgan fingerprint density at radius 1 is 1.21 bits per heavy atom. The summed E-state index contributed by atoms with van der Waals surface area (Å²) in [7, 11) is 3.76. The second-order valence-corrected chi connectivity index (χ2v) is 6.30. The summed E-state index contributed by atoms with van der Waals surface area (Å²) in [6, 6.07) is 14.1. The Kier molecular flexibility index (Phi) is 8.91. The molecule has 0 atom stereocenters. The van der Waals surface area contributed by atoms with Gasteiger partial charge in [-0.1, -0.05) is 30.3 Å². The number of hydrogen-bond acceptors (Lipinski definition) is 4. The lowest BCUT2D eigenvalue weighted by Gasteiger charge is -2.21. The molecule has 2 heterocycles. The van der Waals surface area contributed by atoms with Gasteiger partial charge in [-0.2, -0.15) is 0 Å². The first kappa shape index (κ1) is 22.7. The fourth-order valence-corrected chi connectivity index (χ4v) is 2.86. The zero-order chi connectivity index (χ0) is 19.8. The summed E-state index contributed by atoms with van der Waals surface area (Å²) >= 11 is 0. The number of pyridine rings is 1. The molecule has 0 aliphatic heterocycles. The van der Waals surface area contributed by atoms with Crippen LogP contribution >= 0.6 is 24.0 Å². The number of aromatic nitrogens is 3. The SMILES string of the molecule is CCOc1cc(CNC(=NC)N(C)Cc2ncc(-c3ccccc3)[nH]2)ccn1.I. The minimum atomic E-state index is 0. The van der Waals surface area contributed by atoms with Gasteiger partial charge >= 0.3 is 0 Å². The summed E-state index contributed by atoms with van der Waals surface area (Å²) in [6.45, 7) is 3.80. The van der Waals surface area contributed by atoms with Gasteiger partial charge in [-0.15, -0.1) is 24.0 Å². The number of imidazole rings is 1. The highest BCUT2D eigenvalue weighted by atomic mass is 127. The van der Waals surface area contributed by atoms with Crippen LogP contribution in [0.3, 0.4) is 0 Å². The lowest BCUT2D eigenvalue weighted by Crippen LogP contribution is -2.38. The van der Waals surface area contributed by atoms with E-state index in [2.05, 4.69) is 37.4 Å². The molecule has 3 aromatic rings. The van der Waals surface area contributed by atoms with Crippen LogP contribution in [-0.4, -0.2) is 46.5 Å². The van der Waals surface area contributed by atoms with Gasteiger partial charge < -0.3 is 19.9 Å². The highest BCUT2D eigenvalue weighted by Crippen LogP contribution is 2.16. The third-order valence-corrected chi connectivity index (χ3v) is 4.22. The third-order valence-electron chi connectivity index (χ3n) is 4.22. The predicted octanol–water partition coefficient (Wildman–Crippen LogP) is 3.70. The molecule has 0 radical (unpaired) electrons. The Labute approximate surface area is 188 Å². The van der Waals surface area contributed by atoms with Crippen LogP contribution in [0.25, 0.3) is 11.3 Å². The fraction of sp³-hybridized carbons (Fsp3) is 0.286. The van der Waals surface area contributed by atoms with Crippen molar-refractivity contribution in [1.29, 1.82) is 0 Å². The number of hydrogen-bond donors (Lipinski definition) is 2. The number of nitrogens with zero attached hydrogens (tertiary/aromatic N) is 4. The number of halogens is 1. The van der Waals surface area contributed by atoms with Gasteiger partial charge in [0, 0.05) is 32.9 Å². The van der Waals surface area contributed by atoms with Crippen LogP contribution in [-0.2, 0) is 13.1 Å². The molecule has 0 fully saturated rings. The maximum Gasteiger partial charge on any atom is 0.213 e. The van der Waals surface area contributed by atoms with Crippen molar-refractivity contribution in [3.63, 3.8) is 0 Å². The molecule has 0 amide bonds. The number of rotatable bonds is 7. The van der Waals surface area contributed by atoms with Crippen LogP contribution < -0.4 is 10.1 Å². The van der Waals surface area contributed by atoms with Crippen LogP contribution in [0.2, 0.25) is 0 Å². The molecular formula is C21H27IN6O. The molecule has 2 N–H and O–H groups in total. The van der Waals surface area contributed by atoms with Gasteiger partial charge in [0.25, 0.3) is 0 Å². The van der Waals surface area contributed by atoms with Crippen molar-refractivity contribution >= 4 is 29.9 Å². The van der Waals surface area contributed by atoms with E-state index in [9.17, 15) is 0 Å². The summed E-state index contributed by atoms with van der Waals surface area (Å²) in [4.78, 5) is 18.5. The van der Waals surface area contributed by atoms with E-state index in [0.717, 1.165) is 28.6 Å². The molecule has 0 aliphatic carbocycles. The maximum absolute atomic E-state index is 5.45. The zero-order valence-corrected chi connectivity index (χ0v) is 19.3. The molecule has 154 valence electrons. The summed E-state index contributed by atoms with van der Waals surface area (Å²) in [5.41, 5.74) is 3.21. The summed E-state index contributed by atoms with van der Waals surface area (Å²) < 4.78 is 5.45. The first-order chi connectivity index (χ1) is 13.7. The molecule has 3 rings (SSSR count). The van der Waals surface area contributed by atoms with E-state index in [1.807, 2.05) is 55.4 Å². The van der Waals surface area contributed by atoms with Gasteiger partial charge in [-0.25, -0.2) is 9.97 Å². The Bertz CT molecular complexity index is 912. The zero-order valence-electron chi connectivity index (χ0n) is 16.9. The highest BCUT2D eigenvalue weighted by molar-refractivity contribution is 14.0. The molecule has 0 spiro atoms. The number of nitrogens with one attached hydrogen (secondary N) is 2. The van der Waals surface area contributed by atoms with E-state index >= 15 is 0 Å². The van der Waals surface area contributed by atoms with Gasteiger partial charge in [-0.3, -0.25) is 4.99 Å². The van der Waals surface area contributed by atoms with Crippen LogP contribution in [0.1, 0.15) is 18.3 Å². The molecule has 29 heavy (non-hydrogen) atoms. The smallest absolute Gasteiger partial charge is 0.213 e. The van der Waals surface area contributed by atoms with E-state index in [1.54, 1.807) is 13.2 Å². The second kappa shape index (κ2) is 11.4. The molecule has 0 bridgehead atoms. The molecular weight excluding hydrogens is 479 g/mol. The molecule has 0 unspecified atom stereocenters. The number of aromatic amines is 1. The number of guanidine groups is 1.